The molecule has 0 radical (unpaired) electrons. The number of nitrogens with zero attached hydrogens (tertiary/aromatic N) is 3. The van der Waals surface area contributed by atoms with Gasteiger partial charge in [-0.3, -0.25) is 14.8 Å². The maximum absolute atomic E-state index is 13.8. The van der Waals surface area contributed by atoms with Crippen LogP contribution in [0.5, 0.6) is 0 Å². The van der Waals surface area contributed by atoms with Gasteiger partial charge in [0.15, 0.2) is 5.96 Å². The summed E-state index contributed by atoms with van der Waals surface area (Å²) in [7, 11) is -4.16. The highest BCUT2D eigenvalue weighted by molar-refractivity contribution is 7.89. The lowest BCUT2D eigenvalue weighted by molar-refractivity contribution is -0.158. The predicted molar refractivity (Wildman–Crippen MR) is 141 cm³/mol. The number of hydrogen-bond donors (Lipinski definition) is 3. The Morgan fingerprint density at radius 3 is 2.78 bits per heavy atom. The Hall–Kier alpha value is -3.25. The number of carbonyl (C=O) groups is 2. The lowest BCUT2D eigenvalue weighted by Crippen LogP contribution is -2.56. The van der Waals surface area contributed by atoms with Crippen LogP contribution >= 0.6 is 0 Å². The quantitative estimate of drug-likeness (QED) is 0.179. The van der Waals surface area contributed by atoms with E-state index in [9.17, 15) is 18.0 Å². The fourth-order valence-corrected chi connectivity index (χ4v) is 5.92. The van der Waals surface area contributed by atoms with Crippen molar-refractivity contribution >= 4 is 38.8 Å². The minimum Gasteiger partial charge on any atom is -0.464 e. The number of guanidine groups is 1. The van der Waals surface area contributed by atoms with Crippen molar-refractivity contribution in [2.45, 2.75) is 63.4 Å². The number of likely N-dealkylation sites (tertiary alicyclic amines) is 1. The third kappa shape index (κ3) is 7.16. The van der Waals surface area contributed by atoms with Crippen molar-refractivity contribution in [1.82, 2.24) is 14.6 Å². The van der Waals surface area contributed by atoms with Crippen LogP contribution in [-0.4, -0.2) is 67.9 Å². The molecule has 3 atom stereocenters. The molecule has 0 bridgehead atoms. The molecule has 202 valence electrons. The third-order valence-electron chi connectivity index (χ3n) is 6.35. The summed E-state index contributed by atoms with van der Waals surface area (Å²) in [6.07, 6.45) is 3.22. The van der Waals surface area contributed by atoms with E-state index in [0.29, 0.717) is 36.7 Å². The average Bonchev–Trinajstić information content (AvgIpc) is 2.84. The highest BCUT2D eigenvalue weighted by atomic mass is 32.2. The molecule has 12 heteroatoms. The number of esters is 1. The summed E-state index contributed by atoms with van der Waals surface area (Å²) in [5, 5.41) is 0.672. The number of pyridine rings is 1. The molecule has 1 saturated heterocycles. The zero-order valence-corrected chi connectivity index (χ0v) is 22.3. The molecule has 0 unspecified atom stereocenters. The number of carbonyl (C=O) groups excluding carboxylic acids is 2. The number of hydrogen-bond acceptors (Lipinski definition) is 7. The Morgan fingerprint density at radius 1 is 1.32 bits per heavy atom. The first-order valence-corrected chi connectivity index (χ1v) is 13.9. The Balaban J connectivity index is 1.93. The normalized spacial score (nSPS) is 18.8. The molecule has 0 spiro atoms. The molecule has 37 heavy (non-hydrogen) atoms. The van der Waals surface area contributed by atoms with Gasteiger partial charge in [-0.05, 0) is 63.1 Å². The Bertz CT molecular complexity index is 1260. The number of sulfonamides is 1. The zero-order chi connectivity index (χ0) is 27.2. The number of fused-ring (bicyclic) bond motifs is 1. The number of benzene rings is 1. The Labute approximate surface area is 217 Å². The molecule has 1 aliphatic heterocycles. The SMILES string of the molecule is CCOC(=O)[C@H]1C[C@H](C)CCN1C(=O)[C@@H](CCCN=C(N)N)NS(=O)(=O)c1cccc2cc(C)cnc12. The van der Waals surface area contributed by atoms with Crippen molar-refractivity contribution in [3.63, 3.8) is 0 Å². The molecule has 0 saturated carbocycles. The van der Waals surface area contributed by atoms with Crippen molar-refractivity contribution in [3.8, 4) is 0 Å². The molecule has 5 N–H and O–H groups in total. The lowest BCUT2D eigenvalue weighted by Gasteiger charge is -2.38. The van der Waals surface area contributed by atoms with Gasteiger partial charge in [-0.2, -0.15) is 4.72 Å². The number of rotatable bonds is 10. The van der Waals surface area contributed by atoms with Crippen LogP contribution in [0.3, 0.4) is 0 Å². The third-order valence-corrected chi connectivity index (χ3v) is 7.85. The second-order valence-electron chi connectivity index (χ2n) is 9.39. The minimum absolute atomic E-state index is 0.0266. The smallest absolute Gasteiger partial charge is 0.328 e. The van der Waals surface area contributed by atoms with E-state index in [4.69, 9.17) is 16.2 Å². The summed E-state index contributed by atoms with van der Waals surface area (Å²) in [6, 6.07) is 4.81. The van der Waals surface area contributed by atoms with Crippen molar-refractivity contribution in [3.05, 3.63) is 36.0 Å². The number of nitrogens with one attached hydrogen (secondary N) is 1. The first-order chi connectivity index (χ1) is 17.5. The summed E-state index contributed by atoms with van der Waals surface area (Å²) in [5.74, 6) is -0.839. The van der Waals surface area contributed by atoms with Crippen LogP contribution in [0.2, 0.25) is 0 Å². The number of aliphatic imine (C=N–C) groups is 1. The highest BCUT2D eigenvalue weighted by Gasteiger charge is 2.39. The van der Waals surface area contributed by atoms with E-state index >= 15 is 0 Å². The Kier molecular flexibility index (Phi) is 9.44. The summed E-state index contributed by atoms with van der Waals surface area (Å²) in [4.78, 5) is 36.1. The first-order valence-electron chi connectivity index (χ1n) is 12.4. The fourth-order valence-electron chi connectivity index (χ4n) is 4.51. The van der Waals surface area contributed by atoms with Gasteiger partial charge in [-0.25, -0.2) is 13.2 Å². The summed E-state index contributed by atoms with van der Waals surface area (Å²) in [5.41, 5.74) is 12.0. The molecule has 0 aliphatic carbocycles. The van der Waals surface area contributed by atoms with E-state index in [0.717, 1.165) is 5.56 Å². The highest BCUT2D eigenvalue weighted by Crippen LogP contribution is 2.26. The summed E-state index contributed by atoms with van der Waals surface area (Å²) < 4.78 is 34.9. The topological polar surface area (TPSA) is 170 Å². The molecule has 2 heterocycles. The van der Waals surface area contributed by atoms with E-state index in [1.807, 2.05) is 19.9 Å². The minimum atomic E-state index is -4.16. The van der Waals surface area contributed by atoms with Gasteiger partial charge in [0.1, 0.15) is 17.0 Å². The van der Waals surface area contributed by atoms with E-state index in [2.05, 4.69) is 14.7 Å². The molecule has 1 fully saturated rings. The van der Waals surface area contributed by atoms with Crippen LogP contribution in [-0.2, 0) is 24.3 Å². The van der Waals surface area contributed by atoms with Gasteiger partial charge < -0.3 is 21.1 Å². The molecule has 1 aromatic heterocycles. The second kappa shape index (κ2) is 12.3. The number of para-hydroxylation sites is 1. The van der Waals surface area contributed by atoms with Crippen LogP contribution in [0.15, 0.2) is 40.4 Å². The van der Waals surface area contributed by atoms with Crippen LogP contribution in [0.1, 0.15) is 45.1 Å². The van der Waals surface area contributed by atoms with Gasteiger partial charge in [0.05, 0.1) is 12.1 Å². The van der Waals surface area contributed by atoms with E-state index in [1.165, 1.54) is 11.0 Å². The Morgan fingerprint density at radius 2 is 2.08 bits per heavy atom. The number of nitrogens with two attached hydrogens (primary N) is 2. The number of piperidine rings is 1. The maximum atomic E-state index is 13.8. The summed E-state index contributed by atoms with van der Waals surface area (Å²) in [6.45, 7) is 6.33. The van der Waals surface area contributed by atoms with Gasteiger partial charge in [-0.15, -0.1) is 0 Å². The number of aryl methyl sites for hydroxylation is 1. The average molecular weight is 533 g/mol. The van der Waals surface area contributed by atoms with E-state index in [-0.39, 0.29) is 36.3 Å². The van der Waals surface area contributed by atoms with Crippen molar-refractivity contribution in [2.24, 2.45) is 22.4 Å². The molecule has 1 aliphatic rings. The van der Waals surface area contributed by atoms with Gasteiger partial charge in [0.25, 0.3) is 0 Å². The molecule has 1 amide bonds. The van der Waals surface area contributed by atoms with Gasteiger partial charge in [-0.1, -0.05) is 19.1 Å². The fraction of sp³-hybridized carbons (Fsp3) is 0.520. The lowest BCUT2D eigenvalue weighted by atomic mass is 9.91. The van der Waals surface area contributed by atoms with Gasteiger partial charge in [0, 0.05) is 24.7 Å². The molecule has 11 nitrogen and oxygen atoms in total. The van der Waals surface area contributed by atoms with Gasteiger partial charge >= 0.3 is 5.97 Å². The number of ether oxygens (including phenoxy) is 1. The van der Waals surface area contributed by atoms with Crippen molar-refractivity contribution in [2.75, 3.05) is 19.7 Å². The van der Waals surface area contributed by atoms with Gasteiger partial charge in [0.2, 0.25) is 15.9 Å². The summed E-state index contributed by atoms with van der Waals surface area (Å²) >= 11 is 0. The zero-order valence-electron chi connectivity index (χ0n) is 21.5. The molecular formula is C25H36N6O5S. The number of amides is 1. The first kappa shape index (κ1) is 28.3. The van der Waals surface area contributed by atoms with Crippen molar-refractivity contribution < 1.29 is 22.7 Å². The molecular weight excluding hydrogens is 496 g/mol. The monoisotopic (exact) mass is 532 g/mol. The second-order valence-corrected chi connectivity index (χ2v) is 11.1. The standard InChI is InChI=1S/C25H36N6O5S/c1-4-36-24(33)20-14-16(2)10-12-31(20)23(32)19(8-6-11-28-25(26)27)30-37(34,35)21-9-5-7-18-13-17(3)15-29-22(18)21/h5,7,9,13,15-16,19-20,30H,4,6,8,10-12,14H2,1-3H3,(H4,26,27,28)/t16-,19-,20-/m1/s1. The largest absolute Gasteiger partial charge is 0.464 e. The van der Waals surface area contributed by atoms with E-state index < -0.39 is 34.0 Å². The van der Waals surface area contributed by atoms with Crippen LogP contribution < -0.4 is 16.2 Å². The predicted octanol–water partition coefficient (Wildman–Crippen LogP) is 1.43. The van der Waals surface area contributed by atoms with Crippen LogP contribution in [0, 0.1) is 12.8 Å². The van der Waals surface area contributed by atoms with Crippen LogP contribution in [0.4, 0.5) is 0 Å². The number of aromatic nitrogens is 1. The molecule has 3 rings (SSSR count). The molecule has 2 aromatic rings. The maximum Gasteiger partial charge on any atom is 0.328 e. The van der Waals surface area contributed by atoms with Crippen LogP contribution in [0.25, 0.3) is 10.9 Å². The van der Waals surface area contributed by atoms with Crippen molar-refractivity contribution in [1.29, 1.82) is 0 Å². The van der Waals surface area contributed by atoms with E-state index in [1.54, 1.807) is 25.3 Å². The molecule has 1 aromatic carbocycles.